The molecule has 0 radical (unpaired) electrons. The maximum atomic E-state index is 12.4. The van der Waals surface area contributed by atoms with Gasteiger partial charge in [-0.15, -0.1) is 0 Å². The Labute approximate surface area is 149 Å². The summed E-state index contributed by atoms with van der Waals surface area (Å²) in [6.07, 6.45) is 3.59. The van der Waals surface area contributed by atoms with Crippen LogP contribution >= 0.6 is 0 Å². The third kappa shape index (κ3) is 4.58. The van der Waals surface area contributed by atoms with Crippen LogP contribution in [0.3, 0.4) is 0 Å². The van der Waals surface area contributed by atoms with E-state index in [1.165, 1.54) is 9.80 Å². The van der Waals surface area contributed by atoms with Crippen LogP contribution in [-0.4, -0.2) is 59.1 Å². The van der Waals surface area contributed by atoms with Crippen LogP contribution in [-0.2, 0) is 19.2 Å². The molecule has 7 nitrogen and oxygen atoms in total. The van der Waals surface area contributed by atoms with Gasteiger partial charge in [0.25, 0.3) is 0 Å². The maximum absolute atomic E-state index is 12.4. The number of imide groups is 1. The van der Waals surface area contributed by atoms with Crippen LogP contribution in [0.25, 0.3) is 0 Å². The molecule has 2 unspecified atom stereocenters. The zero-order valence-corrected chi connectivity index (χ0v) is 15.4. The first-order valence-corrected chi connectivity index (χ1v) is 9.27. The van der Waals surface area contributed by atoms with Crippen LogP contribution in [0.2, 0.25) is 0 Å². The van der Waals surface area contributed by atoms with Gasteiger partial charge in [0.1, 0.15) is 0 Å². The number of carbonyl (C=O) groups is 4. The van der Waals surface area contributed by atoms with Gasteiger partial charge in [-0.1, -0.05) is 12.8 Å². The summed E-state index contributed by atoms with van der Waals surface area (Å²) in [6.45, 7) is 6.06. The van der Waals surface area contributed by atoms with Crippen molar-refractivity contribution in [1.29, 1.82) is 0 Å². The molecule has 140 valence electrons. The first kappa shape index (κ1) is 19.4. The number of hydrogen-bond donors (Lipinski definition) is 1. The number of likely N-dealkylation sites (N-methyl/N-ethyl adjacent to an activating group) is 1. The second-order valence-electron chi connectivity index (χ2n) is 7.21. The van der Waals surface area contributed by atoms with Gasteiger partial charge in [0, 0.05) is 25.6 Å². The Morgan fingerprint density at radius 3 is 2.20 bits per heavy atom. The van der Waals surface area contributed by atoms with Crippen LogP contribution in [0.5, 0.6) is 0 Å². The molecule has 1 N–H and O–H groups in total. The lowest BCUT2D eigenvalue weighted by molar-refractivity contribution is -0.141. The number of carbonyl (C=O) groups excluding carboxylic acids is 4. The van der Waals surface area contributed by atoms with Crippen LogP contribution < -0.4 is 5.32 Å². The standard InChI is InChI=1S/C18H29N3O4/c1-4-20(11-15(22)19-12(2)3)16(23)9-10-21-17(24)13-7-5-6-8-14(13)18(21)25/h12-14H,4-11H2,1-3H3,(H,19,22). The van der Waals surface area contributed by atoms with Crippen molar-refractivity contribution in [2.45, 2.75) is 58.9 Å². The predicted molar refractivity (Wildman–Crippen MR) is 92.3 cm³/mol. The van der Waals surface area contributed by atoms with Crippen molar-refractivity contribution in [3.8, 4) is 0 Å². The third-order valence-corrected chi connectivity index (χ3v) is 5.00. The zero-order valence-electron chi connectivity index (χ0n) is 15.4. The molecule has 1 aliphatic heterocycles. The molecule has 0 aromatic heterocycles. The summed E-state index contributed by atoms with van der Waals surface area (Å²) >= 11 is 0. The SMILES string of the molecule is CCN(CC(=O)NC(C)C)C(=O)CCN1C(=O)C2CCCCC2C1=O. The minimum atomic E-state index is -0.211. The molecule has 2 atom stereocenters. The Morgan fingerprint density at radius 1 is 1.16 bits per heavy atom. The summed E-state index contributed by atoms with van der Waals surface area (Å²) in [5.74, 6) is -1.03. The third-order valence-electron chi connectivity index (χ3n) is 5.00. The molecule has 2 fully saturated rings. The van der Waals surface area contributed by atoms with Crippen molar-refractivity contribution < 1.29 is 19.2 Å². The fourth-order valence-electron chi connectivity index (χ4n) is 3.73. The topological polar surface area (TPSA) is 86.8 Å². The summed E-state index contributed by atoms with van der Waals surface area (Å²) < 4.78 is 0. The van der Waals surface area contributed by atoms with E-state index >= 15 is 0 Å². The molecule has 2 rings (SSSR count). The van der Waals surface area contributed by atoms with E-state index in [1.807, 2.05) is 13.8 Å². The molecule has 7 heteroatoms. The first-order chi connectivity index (χ1) is 11.8. The number of nitrogens with zero attached hydrogens (tertiary/aromatic N) is 2. The van der Waals surface area contributed by atoms with Gasteiger partial charge in [-0.3, -0.25) is 24.1 Å². The van der Waals surface area contributed by atoms with Crippen LogP contribution in [0.15, 0.2) is 0 Å². The van der Waals surface area contributed by atoms with E-state index in [1.54, 1.807) is 6.92 Å². The van der Waals surface area contributed by atoms with Gasteiger partial charge in [0.05, 0.1) is 18.4 Å². The maximum Gasteiger partial charge on any atom is 0.239 e. The lowest BCUT2D eigenvalue weighted by Crippen LogP contribution is -2.43. The molecule has 2 aliphatic rings. The smallest absolute Gasteiger partial charge is 0.239 e. The predicted octanol–water partition coefficient (Wildman–Crippen LogP) is 0.925. The number of rotatable bonds is 7. The molecule has 1 aliphatic carbocycles. The Hall–Kier alpha value is -1.92. The van der Waals surface area contributed by atoms with E-state index < -0.39 is 0 Å². The highest BCUT2D eigenvalue weighted by molar-refractivity contribution is 6.05. The molecule has 4 amide bonds. The van der Waals surface area contributed by atoms with E-state index in [2.05, 4.69) is 5.32 Å². The molecular weight excluding hydrogens is 322 g/mol. The molecule has 0 spiro atoms. The largest absolute Gasteiger partial charge is 0.352 e. The second kappa shape index (κ2) is 8.45. The van der Waals surface area contributed by atoms with E-state index in [0.29, 0.717) is 6.54 Å². The average molecular weight is 351 g/mol. The normalized spacial score (nSPS) is 23.0. The second-order valence-corrected chi connectivity index (χ2v) is 7.21. The number of likely N-dealkylation sites (tertiary alicyclic amines) is 1. The summed E-state index contributed by atoms with van der Waals surface area (Å²) in [5, 5.41) is 2.76. The van der Waals surface area contributed by atoms with Crippen molar-refractivity contribution >= 4 is 23.6 Å². The van der Waals surface area contributed by atoms with E-state index in [-0.39, 0.29) is 61.0 Å². The van der Waals surface area contributed by atoms with Crippen molar-refractivity contribution in [3.63, 3.8) is 0 Å². The monoisotopic (exact) mass is 351 g/mol. The summed E-state index contributed by atoms with van der Waals surface area (Å²) in [5.41, 5.74) is 0. The van der Waals surface area contributed by atoms with Crippen molar-refractivity contribution in [1.82, 2.24) is 15.1 Å². The van der Waals surface area contributed by atoms with Crippen molar-refractivity contribution in [2.75, 3.05) is 19.6 Å². The number of nitrogens with one attached hydrogen (secondary N) is 1. The molecule has 0 aromatic carbocycles. The van der Waals surface area contributed by atoms with Gasteiger partial charge in [-0.05, 0) is 33.6 Å². The van der Waals surface area contributed by atoms with Gasteiger partial charge in [-0.2, -0.15) is 0 Å². The highest BCUT2D eigenvalue weighted by Gasteiger charge is 2.47. The fourth-order valence-corrected chi connectivity index (χ4v) is 3.73. The molecular formula is C18H29N3O4. The van der Waals surface area contributed by atoms with Crippen molar-refractivity contribution in [3.05, 3.63) is 0 Å². The first-order valence-electron chi connectivity index (χ1n) is 9.27. The Morgan fingerprint density at radius 2 is 1.72 bits per heavy atom. The van der Waals surface area contributed by atoms with Gasteiger partial charge < -0.3 is 10.2 Å². The Kier molecular flexibility index (Phi) is 6.56. The van der Waals surface area contributed by atoms with Crippen LogP contribution in [0, 0.1) is 11.8 Å². The van der Waals surface area contributed by atoms with Gasteiger partial charge in [0.15, 0.2) is 0 Å². The molecule has 1 saturated carbocycles. The van der Waals surface area contributed by atoms with Gasteiger partial charge in [0.2, 0.25) is 23.6 Å². The molecule has 25 heavy (non-hydrogen) atoms. The van der Waals surface area contributed by atoms with E-state index in [4.69, 9.17) is 0 Å². The highest BCUT2D eigenvalue weighted by Crippen LogP contribution is 2.37. The van der Waals surface area contributed by atoms with Crippen LogP contribution in [0.1, 0.15) is 52.9 Å². The lowest BCUT2D eigenvalue weighted by atomic mass is 9.81. The quantitative estimate of drug-likeness (QED) is 0.691. The Balaban J connectivity index is 1.88. The number of fused-ring (bicyclic) bond motifs is 1. The highest BCUT2D eigenvalue weighted by atomic mass is 16.2. The van der Waals surface area contributed by atoms with Crippen molar-refractivity contribution in [2.24, 2.45) is 11.8 Å². The van der Waals surface area contributed by atoms with E-state index in [9.17, 15) is 19.2 Å². The summed E-state index contributed by atoms with van der Waals surface area (Å²) in [4.78, 5) is 51.8. The molecule has 0 aromatic rings. The summed E-state index contributed by atoms with van der Waals surface area (Å²) in [7, 11) is 0. The lowest BCUT2D eigenvalue weighted by Gasteiger charge is -2.22. The fraction of sp³-hybridized carbons (Fsp3) is 0.778. The molecule has 1 saturated heterocycles. The number of amides is 4. The summed E-state index contributed by atoms with van der Waals surface area (Å²) in [6, 6.07) is 0.0181. The van der Waals surface area contributed by atoms with E-state index in [0.717, 1.165) is 25.7 Å². The van der Waals surface area contributed by atoms with Gasteiger partial charge >= 0.3 is 0 Å². The van der Waals surface area contributed by atoms with Gasteiger partial charge in [-0.25, -0.2) is 0 Å². The minimum absolute atomic E-state index is 0.000651. The number of hydrogen-bond acceptors (Lipinski definition) is 4. The molecule has 1 heterocycles. The van der Waals surface area contributed by atoms with Crippen LogP contribution in [0.4, 0.5) is 0 Å². The minimum Gasteiger partial charge on any atom is -0.352 e. The average Bonchev–Trinajstić information content (AvgIpc) is 2.81. The zero-order chi connectivity index (χ0) is 18.6. The Bertz CT molecular complexity index is 522. The molecule has 0 bridgehead atoms.